The summed E-state index contributed by atoms with van der Waals surface area (Å²) < 4.78 is 27.0. The standard InChI is InChI=1S/C10H17F2N3/c1-8-6-9(4-5-10(2,11)12)14-15(8)7-13-3/h6,13H,4-5,7H2,1-3H3. The summed E-state index contributed by atoms with van der Waals surface area (Å²) in [7, 11) is 1.82. The molecular weight excluding hydrogens is 200 g/mol. The Morgan fingerprint density at radius 1 is 1.53 bits per heavy atom. The zero-order valence-corrected chi connectivity index (χ0v) is 9.35. The number of halogens is 2. The third-order valence-corrected chi connectivity index (χ3v) is 2.16. The molecule has 15 heavy (non-hydrogen) atoms. The van der Waals surface area contributed by atoms with Gasteiger partial charge in [-0.1, -0.05) is 0 Å². The van der Waals surface area contributed by atoms with E-state index in [1.165, 1.54) is 0 Å². The number of nitrogens with one attached hydrogen (secondary N) is 1. The van der Waals surface area contributed by atoms with E-state index in [0.717, 1.165) is 18.3 Å². The van der Waals surface area contributed by atoms with Crippen LogP contribution in [0.3, 0.4) is 0 Å². The number of aryl methyl sites for hydroxylation is 2. The van der Waals surface area contributed by atoms with Gasteiger partial charge in [-0.25, -0.2) is 8.78 Å². The van der Waals surface area contributed by atoms with Gasteiger partial charge in [0.05, 0.1) is 12.4 Å². The molecule has 0 unspecified atom stereocenters. The molecule has 0 aliphatic rings. The zero-order chi connectivity index (χ0) is 11.5. The van der Waals surface area contributed by atoms with Crippen LogP contribution in [0.25, 0.3) is 0 Å². The van der Waals surface area contributed by atoms with Crippen LogP contribution in [-0.4, -0.2) is 22.8 Å². The second-order valence-corrected chi connectivity index (χ2v) is 3.86. The molecule has 5 heteroatoms. The van der Waals surface area contributed by atoms with E-state index >= 15 is 0 Å². The first kappa shape index (κ1) is 12.1. The van der Waals surface area contributed by atoms with Gasteiger partial charge >= 0.3 is 0 Å². The van der Waals surface area contributed by atoms with E-state index < -0.39 is 5.92 Å². The minimum atomic E-state index is -2.61. The molecule has 0 radical (unpaired) electrons. The van der Waals surface area contributed by atoms with Crippen molar-refractivity contribution in [1.29, 1.82) is 0 Å². The second kappa shape index (κ2) is 4.70. The van der Waals surface area contributed by atoms with Gasteiger partial charge in [0, 0.05) is 12.1 Å². The zero-order valence-electron chi connectivity index (χ0n) is 9.35. The van der Waals surface area contributed by atoms with Gasteiger partial charge in [0.2, 0.25) is 5.92 Å². The molecule has 0 amide bonds. The van der Waals surface area contributed by atoms with Crippen LogP contribution in [0.15, 0.2) is 6.07 Å². The summed E-state index contributed by atoms with van der Waals surface area (Å²) in [6, 6.07) is 1.85. The predicted molar refractivity (Wildman–Crippen MR) is 55.0 cm³/mol. The average molecular weight is 217 g/mol. The Labute approximate surface area is 88.5 Å². The molecule has 0 spiro atoms. The van der Waals surface area contributed by atoms with E-state index in [4.69, 9.17) is 0 Å². The van der Waals surface area contributed by atoms with Crippen molar-refractivity contribution in [3.63, 3.8) is 0 Å². The van der Waals surface area contributed by atoms with Crippen LogP contribution in [0.2, 0.25) is 0 Å². The Hall–Kier alpha value is -0.970. The normalized spacial score (nSPS) is 12.1. The molecule has 3 nitrogen and oxygen atoms in total. The number of alkyl halides is 2. The molecule has 1 heterocycles. The molecule has 0 aliphatic heterocycles. The summed E-state index contributed by atoms with van der Waals surface area (Å²) in [6.07, 6.45) is 0.171. The molecule has 0 saturated carbocycles. The molecule has 0 aliphatic carbocycles. The highest BCUT2D eigenvalue weighted by Crippen LogP contribution is 2.19. The molecule has 0 bridgehead atoms. The summed E-state index contributed by atoms with van der Waals surface area (Å²) in [4.78, 5) is 0. The van der Waals surface area contributed by atoms with Crippen molar-refractivity contribution in [2.75, 3.05) is 7.05 Å². The Morgan fingerprint density at radius 3 is 2.73 bits per heavy atom. The fraction of sp³-hybridized carbons (Fsp3) is 0.700. The first-order valence-corrected chi connectivity index (χ1v) is 4.98. The molecule has 0 fully saturated rings. The highest BCUT2D eigenvalue weighted by molar-refractivity contribution is 5.09. The van der Waals surface area contributed by atoms with Gasteiger partial charge in [-0.3, -0.25) is 4.68 Å². The highest BCUT2D eigenvalue weighted by atomic mass is 19.3. The lowest BCUT2D eigenvalue weighted by molar-refractivity contribution is 0.0130. The Morgan fingerprint density at radius 2 is 2.20 bits per heavy atom. The van der Waals surface area contributed by atoms with Gasteiger partial charge < -0.3 is 5.32 Å². The SMILES string of the molecule is CNCn1nc(CCC(C)(F)F)cc1C. The van der Waals surface area contributed by atoms with Crippen LogP contribution in [0.5, 0.6) is 0 Å². The lowest BCUT2D eigenvalue weighted by atomic mass is 10.1. The minimum absolute atomic E-state index is 0.150. The van der Waals surface area contributed by atoms with Crippen molar-refractivity contribution in [3.05, 3.63) is 17.5 Å². The smallest absolute Gasteiger partial charge is 0.245 e. The van der Waals surface area contributed by atoms with Crippen LogP contribution < -0.4 is 5.32 Å². The number of hydrogen-bond acceptors (Lipinski definition) is 2. The van der Waals surface area contributed by atoms with Crippen molar-refractivity contribution in [3.8, 4) is 0 Å². The van der Waals surface area contributed by atoms with Crippen molar-refractivity contribution in [2.45, 2.75) is 39.3 Å². The summed E-state index contributed by atoms with van der Waals surface area (Å²) >= 11 is 0. The fourth-order valence-electron chi connectivity index (χ4n) is 1.36. The third kappa shape index (κ3) is 3.95. The minimum Gasteiger partial charge on any atom is -0.301 e. The van der Waals surface area contributed by atoms with Gasteiger partial charge in [0.1, 0.15) is 0 Å². The van der Waals surface area contributed by atoms with Gasteiger partial charge in [-0.15, -0.1) is 0 Å². The number of nitrogens with zero attached hydrogens (tertiary/aromatic N) is 2. The lowest BCUT2D eigenvalue weighted by Gasteiger charge is -2.07. The van der Waals surface area contributed by atoms with E-state index in [1.807, 2.05) is 20.0 Å². The summed E-state index contributed by atoms with van der Waals surface area (Å²) in [5.74, 6) is -2.61. The Kier molecular flexibility index (Phi) is 3.79. The maximum atomic E-state index is 12.6. The Bertz CT molecular complexity index is 315. The van der Waals surface area contributed by atoms with Crippen molar-refractivity contribution >= 4 is 0 Å². The fourth-order valence-corrected chi connectivity index (χ4v) is 1.36. The third-order valence-electron chi connectivity index (χ3n) is 2.16. The number of hydrogen-bond donors (Lipinski definition) is 1. The van der Waals surface area contributed by atoms with Crippen molar-refractivity contribution < 1.29 is 8.78 Å². The van der Waals surface area contributed by atoms with E-state index in [0.29, 0.717) is 13.1 Å². The summed E-state index contributed by atoms with van der Waals surface area (Å²) in [5, 5.41) is 7.19. The molecule has 0 aromatic carbocycles. The lowest BCUT2D eigenvalue weighted by Crippen LogP contribution is -2.15. The molecule has 1 aromatic rings. The molecule has 0 saturated heterocycles. The largest absolute Gasteiger partial charge is 0.301 e. The molecule has 1 rings (SSSR count). The van der Waals surface area contributed by atoms with Gasteiger partial charge in [-0.2, -0.15) is 5.10 Å². The molecule has 1 aromatic heterocycles. The molecular formula is C10H17F2N3. The van der Waals surface area contributed by atoms with Crippen LogP contribution in [0, 0.1) is 6.92 Å². The molecule has 1 N–H and O–H groups in total. The van der Waals surface area contributed by atoms with Crippen LogP contribution >= 0.6 is 0 Å². The Balaban J connectivity index is 2.59. The molecule has 86 valence electrons. The van der Waals surface area contributed by atoms with Crippen molar-refractivity contribution in [2.24, 2.45) is 0 Å². The van der Waals surface area contributed by atoms with E-state index in [9.17, 15) is 8.78 Å². The summed E-state index contributed by atoms with van der Waals surface area (Å²) in [5.41, 5.74) is 1.71. The van der Waals surface area contributed by atoms with Gasteiger partial charge in [0.15, 0.2) is 0 Å². The van der Waals surface area contributed by atoms with Gasteiger partial charge in [-0.05, 0) is 33.4 Å². The van der Waals surface area contributed by atoms with Crippen molar-refractivity contribution in [1.82, 2.24) is 15.1 Å². The monoisotopic (exact) mass is 217 g/mol. The first-order valence-electron chi connectivity index (χ1n) is 4.98. The van der Waals surface area contributed by atoms with Gasteiger partial charge in [0.25, 0.3) is 0 Å². The van der Waals surface area contributed by atoms with Crippen LogP contribution in [-0.2, 0) is 13.1 Å². The number of rotatable bonds is 5. The summed E-state index contributed by atoms with van der Waals surface area (Å²) in [6.45, 7) is 3.46. The van der Waals surface area contributed by atoms with Crippen LogP contribution in [0.4, 0.5) is 8.78 Å². The highest BCUT2D eigenvalue weighted by Gasteiger charge is 2.21. The average Bonchev–Trinajstić information content (AvgIpc) is 2.44. The van der Waals surface area contributed by atoms with E-state index in [1.54, 1.807) is 4.68 Å². The second-order valence-electron chi connectivity index (χ2n) is 3.86. The van der Waals surface area contributed by atoms with E-state index in [2.05, 4.69) is 10.4 Å². The first-order chi connectivity index (χ1) is 6.92. The maximum Gasteiger partial charge on any atom is 0.245 e. The van der Waals surface area contributed by atoms with E-state index in [-0.39, 0.29) is 6.42 Å². The quantitative estimate of drug-likeness (QED) is 0.817. The van der Waals surface area contributed by atoms with Crippen LogP contribution in [0.1, 0.15) is 24.7 Å². The maximum absolute atomic E-state index is 12.6. The predicted octanol–water partition coefficient (Wildman–Crippen LogP) is 1.96. The molecule has 0 atom stereocenters. The number of aromatic nitrogens is 2. The topological polar surface area (TPSA) is 29.9 Å².